The Morgan fingerprint density at radius 3 is 3.00 bits per heavy atom. The summed E-state index contributed by atoms with van der Waals surface area (Å²) in [6.45, 7) is 4.76. The Morgan fingerprint density at radius 1 is 1.80 bits per heavy atom. The summed E-state index contributed by atoms with van der Waals surface area (Å²) in [5.41, 5.74) is 2.10. The van der Waals surface area contributed by atoms with E-state index in [0.29, 0.717) is 18.8 Å². The zero-order valence-corrected chi connectivity index (χ0v) is 9.62. The SMILES string of the molecule is CCN(CC(C)C#N)C(=O)c1cscn1. The third kappa shape index (κ3) is 3.03. The van der Waals surface area contributed by atoms with Crippen molar-refractivity contribution in [2.45, 2.75) is 13.8 Å². The van der Waals surface area contributed by atoms with E-state index < -0.39 is 0 Å². The first-order valence-electron chi connectivity index (χ1n) is 4.76. The quantitative estimate of drug-likeness (QED) is 0.781. The van der Waals surface area contributed by atoms with Crippen molar-refractivity contribution in [1.82, 2.24) is 9.88 Å². The van der Waals surface area contributed by atoms with Gasteiger partial charge in [-0.25, -0.2) is 4.98 Å². The largest absolute Gasteiger partial charge is 0.336 e. The molecular weight excluding hydrogens is 210 g/mol. The summed E-state index contributed by atoms with van der Waals surface area (Å²) >= 11 is 1.40. The van der Waals surface area contributed by atoms with Gasteiger partial charge in [0.05, 0.1) is 17.5 Å². The molecule has 1 heterocycles. The highest BCUT2D eigenvalue weighted by atomic mass is 32.1. The van der Waals surface area contributed by atoms with Crippen LogP contribution in [0.5, 0.6) is 0 Å². The molecule has 0 fully saturated rings. The second-order valence-corrected chi connectivity index (χ2v) is 3.97. The summed E-state index contributed by atoms with van der Waals surface area (Å²) in [6, 6.07) is 2.12. The van der Waals surface area contributed by atoms with Crippen molar-refractivity contribution in [1.29, 1.82) is 5.26 Å². The predicted octanol–water partition coefficient (Wildman–Crippen LogP) is 1.76. The Kier molecular flexibility index (Phi) is 4.25. The summed E-state index contributed by atoms with van der Waals surface area (Å²) in [7, 11) is 0. The lowest BCUT2D eigenvalue weighted by atomic mass is 10.2. The van der Waals surface area contributed by atoms with Gasteiger partial charge in [-0.05, 0) is 13.8 Å². The third-order valence-electron chi connectivity index (χ3n) is 2.04. The normalized spacial score (nSPS) is 11.8. The maximum Gasteiger partial charge on any atom is 0.273 e. The van der Waals surface area contributed by atoms with Crippen LogP contribution in [0.3, 0.4) is 0 Å². The van der Waals surface area contributed by atoms with Gasteiger partial charge in [0, 0.05) is 18.5 Å². The minimum atomic E-state index is -0.146. The van der Waals surface area contributed by atoms with Crippen LogP contribution in [0.15, 0.2) is 10.9 Å². The molecule has 15 heavy (non-hydrogen) atoms. The monoisotopic (exact) mass is 223 g/mol. The van der Waals surface area contributed by atoms with Crippen molar-refractivity contribution < 1.29 is 4.79 Å². The van der Waals surface area contributed by atoms with Gasteiger partial charge in [-0.15, -0.1) is 11.3 Å². The Morgan fingerprint density at radius 2 is 2.53 bits per heavy atom. The van der Waals surface area contributed by atoms with Gasteiger partial charge in [0.15, 0.2) is 0 Å². The Bertz CT molecular complexity index is 355. The van der Waals surface area contributed by atoms with Crippen molar-refractivity contribution in [2.24, 2.45) is 5.92 Å². The zero-order valence-electron chi connectivity index (χ0n) is 8.80. The molecule has 1 aromatic rings. The number of hydrogen-bond donors (Lipinski definition) is 0. The van der Waals surface area contributed by atoms with Crippen LogP contribution in [0.25, 0.3) is 0 Å². The predicted molar refractivity (Wildman–Crippen MR) is 58.5 cm³/mol. The lowest BCUT2D eigenvalue weighted by molar-refractivity contribution is 0.0747. The van der Waals surface area contributed by atoms with E-state index in [1.165, 1.54) is 11.3 Å². The van der Waals surface area contributed by atoms with Crippen molar-refractivity contribution >= 4 is 17.2 Å². The van der Waals surface area contributed by atoms with E-state index >= 15 is 0 Å². The van der Waals surface area contributed by atoms with Gasteiger partial charge in [0.1, 0.15) is 5.69 Å². The molecule has 0 saturated carbocycles. The highest BCUT2D eigenvalue weighted by molar-refractivity contribution is 7.07. The number of amides is 1. The Hall–Kier alpha value is -1.41. The molecule has 0 saturated heterocycles. The highest BCUT2D eigenvalue weighted by Gasteiger charge is 2.17. The van der Waals surface area contributed by atoms with Crippen LogP contribution >= 0.6 is 11.3 Å². The first-order valence-corrected chi connectivity index (χ1v) is 5.70. The average Bonchev–Trinajstić information content (AvgIpc) is 2.77. The second-order valence-electron chi connectivity index (χ2n) is 3.25. The first kappa shape index (κ1) is 11.7. The Balaban J connectivity index is 2.68. The molecule has 1 unspecified atom stereocenters. The van der Waals surface area contributed by atoms with E-state index in [0.717, 1.165) is 0 Å². The number of aromatic nitrogens is 1. The molecule has 0 aliphatic rings. The first-order chi connectivity index (χ1) is 7.19. The summed E-state index contributed by atoms with van der Waals surface area (Å²) in [5, 5.41) is 10.4. The molecule has 0 aliphatic carbocycles. The number of nitriles is 1. The van der Waals surface area contributed by atoms with Gasteiger partial charge in [-0.3, -0.25) is 4.79 Å². The number of nitrogens with zero attached hydrogens (tertiary/aromatic N) is 3. The lowest BCUT2D eigenvalue weighted by Gasteiger charge is -2.20. The summed E-state index contributed by atoms with van der Waals surface area (Å²) in [6.07, 6.45) is 0. The van der Waals surface area contributed by atoms with Crippen LogP contribution < -0.4 is 0 Å². The van der Waals surface area contributed by atoms with Gasteiger partial charge in [-0.1, -0.05) is 0 Å². The zero-order chi connectivity index (χ0) is 11.3. The number of carbonyl (C=O) groups excluding carboxylic acids is 1. The third-order valence-corrected chi connectivity index (χ3v) is 2.62. The van der Waals surface area contributed by atoms with Crippen molar-refractivity contribution in [3.8, 4) is 6.07 Å². The molecule has 1 rings (SSSR count). The van der Waals surface area contributed by atoms with Crippen LogP contribution in [-0.2, 0) is 0 Å². The minimum absolute atomic E-state index is 0.0964. The Labute approximate surface area is 93.2 Å². The maximum atomic E-state index is 11.8. The van der Waals surface area contributed by atoms with Gasteiger partial charge in [0.25, 0.3) is 5.91 Å². The van der Waals surface area contributed by atoms with Crippen molar-refractivity contribution in [2.75, 3.05) is 13.1 Å². The fourth-order valence-corrected chi connectivity index (χ4v) is 1.73. The van der Waals surface area contributed by atoms with Crippen molar-refractivity contribution in [3.05, 3.63) is 16.6 Å². The fraction of sp³-hybridized carbons (Fsp3) is 0.500. The van der Waals surface area contributed by atoms with Crippen LogP contribution in [0.4, 0.5) is 0 Å². The van der Waals surface area contributed by atoms with Crippen molar-refractivity contribution in [3.63, 3.8) is 0 Å². The molecule has 4 nitrogen and oxygen atoms in total. The maximum absolute atomic E-state index is 11.8. The number of thiazole rings is 1. The van der Waals surface area contributed by atoms with Gasteiger partial charge >= 0.3 is 0 Å². The van der Waals surface area contributed by atoms with E-state index in [2.05, 4.69) is 11.1 Å². The van der Waals surface area contributed by atoms with Crippen LogP contribution in [0.1, 0.15) is 24.3 Å². The van der Waals surface area contributed by atoms with E-state index in [4.69, 9.17) is 5.26 Å². The molecule has 0 aliphatic heterocycles. The summed E-state index contributed by atoms with van der Waals surface area (Å²) in [4.78, 5) is 17.5. The molecule has 0 spiro atoms. The molecule has 5 heteroatoms. The fourth-order valence-electron chi connectivity index (χ4n) is 1.21. The van der Waals surface area contributed by atoms with E-state index in [1.54, 1.807) is 22.7 Å². The summed E-state index contributed by atoms with van der Waals surface area (Å²) < 4.78 is 0. The van der Waals surface area contributed by atoms with Crippen LogP contribution in [-0.4, -0.2) is 28.9 Å². The van der Waals surface area contributed by atoms with E-state index in [-0.39, 0.29) is 11.8 Å². The minimum Gasteiger partial charge on any atom is -0.336 e. The molecule has 0 bridgehead atoms. The smallest absolute Gasteiger partial charge is 0.273 e. The summed E-state index contributed by atoms with van der Waals surface area (Å²) in [5.74, 6) is -0.242. The van der Waals surface area contributed by atoms with Gasteiger partial charge in [-0.2, -0.15) is 5.26 Å². The van der Waals surface area contributed by atoms with E-state index in [1.807, 2.05) is 6.92 Å². The van der Waals surface area contributed by atoms with Crippen LogP contribution in [0.2, 0.25) is 0 Å². The average molecular weight is 223 g/mol. The molecule has 0 aromatic carbocycles. The molecule has 1 aromatic heterocycles. The molecule has 0 N–H and O–H groups in total. The number of carbonyl (C=O) groups is 1. The van der Waals surface area contributed by atoms with Gasteiger partial charge < -0.3 is 4.90 Å². The number of hydrogen-bond acceptors (Lipinski definition) is 4. The molecule has 80 valence electrons. The van der Waals surface area contributed by atoms with E-state index in [9.17, 15) is 4.79 Å². The molecule has 0 radical (unpaired) electrons. The highest BCUT2D eigenvalue weighted by Crippen LogP contribution is 2.07. The number of rotatable bonds is 4. The van der Waals surface area contributed by atoms with Gasteiger partial charge in [0.2, 0.25) is 0 Å². The van der Waals surface area contributed by atoms with Crippen LogP contribution in [0, 0.1) is 17.2 Å². The lowest BCUT2D eigenvalue weighted by Crippen LogP contribution is -2.34. The standard InChI is InChI=1S/C10H13N3OS/c1-3-13(5-8(2)4-11)10(14)9-6-15-7-12-9/h6-8H,3,5H2,1-2H3. The molecular formula is C10H13N3OS. The molecule has 1 atom stereocenters. The molecule has 1 amide bonds. The second kappa shape index (κ2) is 5.47. The topological polar surface area (TPSA) is 57.0 Å².